The van der Waals surface area contributed by atoms with Crippen LogP contribution in [0.1, 0.15) is 27.7 Å². The Balaban J connectivity index is 3.74. The van der Waals surface area contributed by atoms with Crippen LogP contribution in [-0.4, -0.2) is 47.6 Å². The van der Waals surface area contributed by atoms with E-state index >= 15 is 0 Å². The quantitative estimate of drug-likeness (QED) is 0.790. The molecule has 9 heteroatoms. The molecule has 1 atom stereocenters. The average molecular weight is 322 g/mol. The molecule has 124 valence electrons. The van der Waals surface area contributed by atoms with Crippen molar-refractivity contribution in [1.82, 2.24) is 10.2 Å². The van der Waals surface area contributed by atoms with Crippen molar-refractivity contribution >= 4 is 17.8 Å². The van der Waals surface area contributed by atoms with Crippen LogP contribution in [0, 0.1) is 0 Å². The molecule has 22 heavy (non-hydrogen) atoms. The van der Waals surface area contributed by atoms with E-state index in [-0.39, 0.29) is 5.70 Å². The summed E-state index contributed by atoms with van der Waals surface area (Å²) < 4.78 is 45.4. The zero-order chi connectivity index (χ0) is 17.5. The number of esters is 1. The lowest BCUT2D eigenvalue weighted by Crippen LogP contribution is -2.66. The van der Waals surface area contributed by atoms with Gasteiger partial charge in [0.25, 0.3) is 5.91 Å². The Morgan fingerprint density at radius 3 is 2.14 bits per heavy atom. The molecule has 1 aliphatic rings. The van der Waals surface area contributed by atoms with Crippen LogP contribution >= 0.6 is 0 Å². The van der Waals surface area contributed by atoms with Gasteiger partial charge in [0.05, 0.1) is 7.11 Å². The normalized spacial score (nSPS) is 22.4. The molecule has 0 fully saturated rings. The number of nitrogens with zero attached hydrogens (tertiary/aromatic N) is 1. The van der Waals surface area contributed by atoms with Gasteiger partial charge in [0.1, 0.15) is 5.57 Å². The second-order valence-electron chi connectivity index (χ2n) is 5.15. The van der Waals surface area contributed by atoms with Crippen LogP contribution < -0.4 is 5.32 Å². The number of halogens is 3. The first-order valence-corrected chi connectivity index (χ1v) is 6.40. The van der Waals surface area contributed by atoms with Crippen molar-refractivity contribution in [3.63, 3.8) is 0 Å². The molecule has 0 aromatic heterocycles. The van der Waals surface area contributed by atoms with E-state index in [9.17, 15) is 27.6 Å². The highest BCUT2D eigenvalue weighted by Crippen LogP contribution is 2.45. The second kappa shape index (κ2) is 5.62. The fraction of sp³-hybridized carbons (Fsp3) is 0.615. The number of carbonyl (C=O) groups is 3. The second-order valence-corrected chi connectivity index (χ2v) is 5.15. The first-order valence-electron chi connectivity index (χ1n) is 6.40. The first kappa shape index (κ1) is 18.0. The molecule has 2 amide bonds. The molecule has 0 spiro atoms. The van der Waals surface area contributed by atoms with E-state index in [0.29, 0.717) is 0 Å². The number of rotatable bonds is 3. The van der Waals surface area contributed by atoms with Crippen LogP contribution in [0.3, 0.4) is 0 Å². The Labute approximate surface area is 125 Å². The average Bonchev–Trinajstić information content (AvgIpc) is 2.56. The molecule has 1 N–H and O–H groups in total. The minimum absolute atomic E-state index is 0.196. The number of ether oxygens (including phenoxy) is 1. The molecule has 6 nitrogen and oxygen atoms in total. The van der Waals surface area contributed by atoms with Gasteiger partial charge in [-0.1, -0.05) is 0 Å². The zero-order valence-corrected chi connectivity index (χ0v) is 12.8. The monoisotopic (exact) mass is 322 g/mol. The fourth-order valence-corrected chi connectivity index (χ4v) is 2.57. The minimum Gasteiger partial charge on any atom is -0.466 e. The number of hydrogen-bond acceptors (Lipinski definition) is 4. The molecular weight excluding hydrogens is 305 g/mol. The summed E-state index contributed by atoms with van der Waals surface area (Å²) in [5.74, 6) is -3.84. The Hall–Kier alpha value is -2.06. The van der Waals surface area contributed by atoms with Gasteiger partial charge in [-0.2, -0.15) is 13.2 Å². The lowest BCUT2D eigenvalue weighted by molar-refractivity contribution is -0.196. The van der Waals surface area contributed by atoms with Crippen molar-refractivity contribution in [2.24, 2.45) is 0 Å². The van der Waals surface area contributed by atoms with Crippen molar-refractivity contribution in [3.8, 4) is 0 Å². The summed E-state index contributed by atoms with van der Waals surface area (Å²) in [5, 5.41) is 1.61. The summed E-state index contributed by atoms with van der Waals surface area (Å²) in [5.41, 5.74) is -4.55. The summed E-state index contributed by atoms with van der Waals surface area (Å²) in [6.45, 7) is 5.04. The smallest absolute Gasteiger partial charge is 0.425 e. The molecule has 0 aromatic carbocycles. The first-order chi connectivity index (χ1) is 9.91. The Bertz CT molecular complexity index is 554. The molecule has 1 rings (SSSR count). The van der Waals surface area contributed by atoms with Gasteiger partial charge in [0.15, 0.2) is 0 Å². The number of nitrogens with one attached hydrogen (secondary N) is 1. The number of allylic oxidation sites excluding steroid dienone is 1. The molecular formula is C13H17F3N2O4. The molecule has 1 aliphatic heterocycles. The van der Waals surface area contributed by atoms with Gasteiger partial charge in [-0.25, -0.2) is 4.79 Å². The van der Waals surface area contributed by atoms with Crippen LogP contribution in [0.15, 0.2) is 11.3 Å². The highest BCUT2D eigenvalue weighted by molar-refractivity contribution is 6.10. The maximum absolute atomic E-state index is 13.7. The molecule has 0 aliphatic carbocycles. The minimum atomic E-state index is -5.20. The van der Waals surface area contributed by atoms with E-state index in [0.717, 1.165) is 18.9 Å². The van der Waals surface area contributed by atoms with E-state index in [1.54, 1.807) is 5.32 Å². The molecule has 0 radical (unpaired) electrons. The third-order valence-electron chi connectivity index (χ3n) is 3.33. The van der Waals surface area contributed by atoms with Crippen LogP contribution in [0.5, 0.6) is 0 Å². The van der Waals surface area contributed by atoms with E-state index in [1.807, 2.05) is 0 Å². The fourth-order valence-electron chi connectivity index (χ4n) is 2.57. The van der Waals surface area contributed by atoms with Gasteiger partial charge in [0.2, 0.25) is 11.4 Å². The van der Waals surface area contributed by atoms with E-state index < -0.39 is 41.1 Å². The molecule has 0 saturated carbocycles. The maximum Gasteiger partial charge on any atom is 0.425 e. The summed E-state index contributed by atoms with van der Waals surface area (Å²) >= 11 is 0. The molecule has 0 aromatic rings. The van der Waals surface area contributed by atoms with Crippen LogP contribution in [0.2, 0.25) is 0 Å². The van der Waals surface area contributed by atoms with Gasteiger partial charge >= 0.3 is 12.1 Å². The molecule has 1 heterocycles. The predicted octanol–water partition coefficient (Wildman–Crippen LogP) is 1.12. The Morgan fingerprint density at radius 2 is 1.82 bits per heavy atom. The number of carbonyl (C=O) groups excluding carboxylic acids is 3. The molecule has 0 bridgehead atoms. The third-order valence-corrected chi connectivity index (χ3v) is 3.33. The molecule has 0 saturated heterocycles. The number of methoxy groups -OCH3 is 1. The van der Waals surface area contributed by atoms with Gasteiger partial charge < -0.3 is 15.0 Å². The van der Waals surface area contributed by atoms with E-state index in [2.05, 4.69) is 4.74 Å². The Morgan fingerprint density at radius 1 is 1.32 bits per heavy atom. The number of alkyl halides is 3. The van der Waals surface area contributed by atoms with Crippen molar-refractivity contribution in [2.45, 2.75) is 45.5 Å². The standard InChI is InChI=1S/C13H17F3N2O4/c1-6(2)18-7(3)9(10(20)22-5)12(11(18)21,13(14,15)16)17-8(4)19/h6H,1-5H3,(H,17,19)/t12-/m1/s1. The van der Waals surface area contributed by atoms with Gasteiger partial charge in [-0.15, -0.1) is 0 Å². The Kier molecular flexibility index (Phi) is 4.59. The van der Waals surface area contributed by atoms with Crippen LogP contribution in [0.4, 0.5) is 13.2 Å². The van der Waals surface area contributed by atoms with Crippen molar-refractivity contribution in [2.75, 3.05) is 7.11 Å². The van der Waals surface area contributed by atoms with Crippen LogP contribution in [0.25, 0.3) is 0 Å². The van der Waals surface area contributed by atoms with Crippen molar-refractivity contribution in [1.29, 1.82) is 0 Å². The number of hydrogen-bond donors (Lipinski definition) is 1. The summed E-state index contributed by atoms with van der Waals surface area (Å²) in [6, 6.07) is -0.634. The van der Waals surface area contributed by atoms with E-state index in [4.69, 9.17) is 0 Å². The highest BCUT2D eigenvalue weighted by atomic mass is 19.4. The van der Waals surface area contributed by atoms with Gasteiger partial charge in [0, 0.05) is 18.7 Å². The van der Waals surface area contributed by atoms with Crippen LogP contribution in [-0.2, 0) is 19.1 Å². The summed E-state index contributed by atoms with van der Waals surface area (Å²) in [7, 11) is 0.903. The maximum atomic E-state index is 13.7. The summed E-state index contributed by atoms with van der Waals surface area (Å²) in [6.07, 6.45) is -5.20. The lowest BCUT2D eigenvalue weighted by atomic mass is 9.89. The topological polar surface area (TPSA) is 75.7 Å². The van der Waals surface area contributed by atoms with Gasteiger partial charge in [-0.05, 0) is 20.8 Å². The number of amides is 2. The van der Waals surface area contributed by atoms with Gasteiger partial charge in [-0.3, -0.25) is 9.59 Å². The predicted molar refractivity (Wildman–Crippen MR) is 69.3 cm³/mol. The highest BCUT2D eigenvalue weighted by Gasteiger charge is 2.70. The molecule has 0 unspecified atom stereocenters. The zero-order valence-electron chi connectivity index (χ0n) is 12.8. The van der Waals surface area contributed by atoms with E-state index in [1.165, 1.54) is 20.8 Å². The SMILES string of the molecule is COC(=O)C1=C(C)N(C(C)C)C(=O)[C@@]1(NC(C)=O)C(F)(F)F. The van der Waals surface area contributed by atoms with Crippen molar-refractivity contribution in [3.05, 3.63) is 11.3 Å². The van der Waals surface area contributed by atoms with Crippen molar-refractivity contribution < 1.29 is 32.3 Å². The largest absolute Gasteiger partial charge is 0.466 e. The summed E-state index contributed by atoms with van der Waals surface area (Å²) in [4.78, 5) is 36.4. The lowest BCUT2D eigenvalue weighted by Gasteiger charge is -2.33. The third kappa shape index (κ3) is 2.44.